The third-order valence-electron chi connectivity index (χ3n) is 2.68. The lowest BCUT2D eigenvalue weighted by molar-refractivity contribution is -0.0604. The summed E-state index contributed by atoms with van der Waals surface area (Å²) in [6.07, 6.45) is -5.70. The van der Waals surface area contributed by atoms with Crippen LogP contribution in [0.1, 0.15) is 12.1 Å². The molecule has 1 aliphatic heterocycles. The number of rotatable bonds is 3. The largest absolute Gasteiger partial charge is 0.432 e. The minimum Gasteiger partial charge on any atom is -0.390 e. The van der Waals surface area contributed by atoms with Gasteiger partial charge in [0.05, 0.1) is 6.54 Å². The molecule has 0 fully saturated rings. The van der Waals surface area contributed by atoms with Gasteiger partial charge in [0, 0.05) is 12.1 Å². The van der Waals surface area contributed by atoms with Gasteiger partial charge < -0.3 is 10.2 Å². The number of hydrogen-bond acceptors (Lipinski definition) is 4. The Balaban J connectivity index is 1.76. The van der Waals surface area contributed by atoms with E-state index in [-0.39, 0.29) is 13.0 Å². The molecule has 0 radical (unpaired) electrons. The molecule has 2 N–H and O–H groups in total. The molecule has 0 bridgehead atoms. The van der Waals surface area contributed by atoms with Crippen LogP contribution in [0.3, 0.4) is 0 Å². The Morgan fingerprint density at radius 2 is 2.24 bits per heavy atom. The number of urea groups is 1. The average molecular weight is 302 g/mol. The first-order valence-electron chi connectivity index (χ1n) is 6.13. The van der Waals surface area contributed by atoms with Gasteiger partial charge in [-0.25, -0.2) is 9.78 Å². The topological polar surface area (TPSA) is 75.6 Å². The van der Waals surface area contributed by atoms with Crippen LogP contribution in [0.2, 0.25) is 0 Å². The van der Waals surface area contributed by atoms with E-state index in [4.69, 9.17) is 0 Å². The van der Waals surface area contributed by atoms with Gasteiger partial charge in [0.25, 0.3) is 0 Å². The Kier molecular flexibility index (Phi) is 4.29. The highest BCUT2D eigenvalue weighted by Gasteiger charge is 2.41. The molecule has 0 spiro atoms. The summed E-state index contributed by atoms with van der Waals surface area (Å²) in [6.45, 7) is 1.69. The van der Waals surface area contributed by atoms with Crippen LogP contribution in [0.5, 0.6) is 0 Å². The SMILES string of the molecule is Cc1cccc(NC(=O)NCC2CC(C(F)(F)F)=NO2)n1. The van der Waals surface area contributed by atoms with Crippen molar-refractivity contribution >= 4 is 17.6 Å². The zero-order chi connectivity index (χ0) is 15.5. The lowest BCUT2D eigenvalue weighted by atomic mass is 10.2. The molecule has 2 amide bonds. The Morgan fingerprint density at radius 1 is 1.48 bits per heavy atom. The molecule has 2 heterocycles. The molecule has 2 rings (SSSR count). The number of nitrogens with zero attached hydrogens (tertiary/aromatic N) is 2. The predicted octanol–water partition coefficient (Wildman–Crippen LogP) is 2.22. The maximum Gasteiger partial charge on any atom is 0.432 e. The quantitative estimate of drug-likeness (QED) is 0.899. The van der Waals surface area contributed by atoms with Crippen LogP contribution in [-0.4, -0.2) is 35.6 Å². The number of carbonyl (C=O) groups excluding carboxylic acids is 1. The minimum absolute atomic E-state index is 0.0826. The number of amides is 2. The van der Waals surface area contributed by atoms with Crippen molar-refractivity contribution in [3.05, 3.63) is 23.9 Å². The Bertz CT molecular complexity index is 560. The van der Waals surface area contributed by atoms with E-state index in [0.29, 0.717) is 5.82 Å². The molecule has 9 heteroatoms. The highest BCUT2D eigenvalue weighted by Crippen LogP contribution is 2.25. The number of carbonyl (C=O) groups is 1. The third-order valence-corrected chi connectivity index (χ3v) is 2.68. The van der Waals surface area contributed by atoms with Crippen LogP contribution in [0.4, 0.5) is 23.8 Å². The number of aryl methyl sites for hydroxylation is 1. The molecule has 1 atom stereocenters. The standard InChI is InChI=1S/C12H13F3N4O2/c1-7-3-2-4-10(17-7)18-11(20)16-6-8-5-9(19-21-8)12(13,14)15/h2-4,8H,5-6H2,1H3,(H2,16,17,18,20). The van der Waals surface area contributed by atoms with E-state index in [9.17, 15) is 18.0 Å². The second kappa shape index (κ2) is 5.98. The molecule has 0 aliphatic carbocycles. The van der Waals surface area contributed by atoms with E-state index in [1.165, 1.54) is 0 Å². The highest BCUT2D eigenvalue weighted by molar-refractivity contribution is 5.91. The number of aromatic nitrogens is 1. The molecule has 21 heavy (non-hydrogen) atoms. The fourth-order valence-corrected chi connectivity index (χ4v) is 1.68. The lowest BCUT2D eigenvalue weighted by Gasteiger charge is -2.11. The molecule has 1 aliphatic rings. The van der Waals surface area contributed by atoms with Gasteiger partial charge in [-0.1, -0.05) is 11.2 Å². The van der Waals surface area contributed by atoms with E-state index in [1.807, 2.05) is 0 Å². The fraction of sp³-hybridized carbons (Fsp3) is 0.417. The molecular formula is C12H13F3N4O2. The molecule has 1 aromatic rings. The van der Waals surface area contributed by atoms with Crippen molar-refractivity contribution in [1.29, 1.82) is 0 Å². The molecule has 6 nitrogen and oxygen atoms in total. The summed E-state index contributed by atoms with van der Waals surface area (Å²) in [4.78, 5) is 20.3. The number of alkyl halides is 3. The number of nitrogens with one attached hydrogen (secondary N) is 2. The van der Waals surface area contributed by atoms with Gasteiger partial charge in [-0.2, -0.15) is 13.2 Å². The summed E-state index contributed by atoms with van der Waals surface area (Å²) >= 11 is 0. The zero-order valence-corrected chi connectivity index (χ0v) is 11.1. The van der Waals surface area contributed by atoms with Crippen molar-refractivity contribution in [3.8, 4) is 0 Å². The molecule has 1 aromatic heterocycles. The third kappa shape index (κ3) is 4.33. The van der Waals surface area contributed by atoms with Crippen molar-refractivity contribution in [1.82, 2.24) is 10.3 Å². The highest BCUT2D eigenvalue weighted by atomic mass is 19.4. The van der Waals surface area contributed by atoms with Gasteiger partial charge in [-0.05, 0) is 19.1 Å². The second-order valence-corrected chi connectivity index (χ2v) is 4.47. The number of hydrogen-bond donors (Lipinski definition) is 2. The average Bonchev–Trinajstić information content (AvgIpc) is 2.85. The van der Waals surface area contributed by atoms with Crippen molar-refractivity contribution in [2.45, 2.75) is 25.6 Å². The smallest absolute Gasteiger partial charge is 0.390 e. The first-order chi connectivity index (χ1) is 9.84. The zero-order valence-electron chi connectivity index (χ0n) is 11.1. The van der Waals surface area contributed by atoms with Crippen molar-refractivity contribution in [2.24, 2.45) is 5.16 Å². The van der Waals surface area contributed by atoms with Crippen LogP contribution in [0.15, 0.2) is 23.4 Å². The molecular weight excluding hydrogens is 289 g/mol. The molecule has 0 saturated heterocycles. The fourth-order valence-electron chi connectivity index (χ4n) is 1.68. The summed E-state index contributed by atoms with van der Waals surface area (Å²) in [5, 5.41) is 7.85. The van der Waals surface area contributed by atoms with Crippen LogP contribution < -0.4 is 10.6 Å². The summed E-state index contributed by atoms with van der Waals surface area (Å²) in [7, 11) is 0. The normalized spacial score (nSPS) is 17.9. The van der Waals surface area contributed by atoms with E-state index in [2.05, 4.69) is 25.6 Å². The Labute approximate surface area is 118 Å². The first-order valence-corrected chi connectivity index (χ1v) is 6.13. The van der Waals surface area contributed by atoms with E-state index >= 15 is 0 Å². The number of pyridine rings is 1. The van der Waals surface area contributed by atoms with Gasteiger partial charge in [-0.3, -0.25) is 5.32 Å². The van der Waals surface area contributed by atoms with E-state index in [0.717, 1.165) is 5.69 Å². The summed E-state index contributed by atoms with van der Waals surface area (Å²) < 4.78 is 37.0. The number of anilines is 1. The molecule has 114 valence electrons. The minimum atomic E-state index is -4.50. The summed E-state index contributed by atoms with van der Waals surface area (Å²) in [6, 6.07) is 4.52. The van der Waals surface area contributed by atoms with Crippen LogP contribution in [0, 0.1) is 6.92 Å². The predicted molar refractivity (Wildman–Crippen MR) is 69.0 cm³/mol. The van der Waals surface area contributed by atoms with E-state index < -0.39 is 24.0 Å². The maximum absolute atomic E-state index is 12.3. The van der Waals surface area contributed by atoms with Crippen molar-refractivity contribution in [2.75, 3.05) is 11.9 Å². The van der Waals surface area contributed by atoms with Gasteiger partial charge in [-0.15, -0.1) is 0 Å². The Morgan fingerprint density at radius 3 is 2.86 bits per heavy atom. The van der Waals surface area contributed by atoms with Gasteiger partial charge in [0.15, 0.2) is 11.8 Å². The van der Waals surface area contributed by atoms with Crippen molar-refractivity contribution in [3.63, 3.8) is 0 Å². The molecule has 0 saturated carbocycles. The molecule has 1 unspecified atom stereocenters. The van der Waals surface area contributed by atoms with Crippen LogP contribution >= 0.6 is 0 Å². The monoisotopic (exact) mass is 302 g/mol. The van der Waals surface area contributed by atoms with E-state index in [1.54, 1.807) is 25.1 Å². The summed E-state index contributed by atoms with van der Waals surface area (Å²) in [5.41, 5.74) is -0.245. The lowest BCUT2D eigenvalue weighted by Crippen LogP contribution is -2.36. The molecule has 0 aromatic carbocycles. The summed E-state index contributed by atoms with van der Waals surface area (Å²) in [5.74, 6) is 0.354. The van der Waals surface area contributed by atoms with Crippen LogP contribution in [-0.2, 0) is 4.84 Å². The van der Waals surface area contributed by atoms with Gasteiger partial charge in [0.1, 0.15) is 5.82 Å². The Hall–Kier alpha value is -2.32. The number of halogens is 3. The van der Waals surface area contributed by atoms with Gasteiger partial charge >= 0.3 is 12.2 Å². The van der Waals surface area contributed by atoms with Crippen molar-refractivity contribution < 1.29 is 22.8 Å². The second-order valence-electron chi connectivity index (χ2n) is 4.47. The van der Waals surface area contributed by atoms with Gasteiger partial charge in [0.2, 0.25) is 0 Å². The number of oxime groups is 1. The first kappa shape index (κ1) is 15.1. The maximum atomic E-state index is 12.3. The van der Waals surface area contributed by atoms with Crippen LogP contribution in [0.25, 0.3) is 0 Å².